The summed E-state index contributed by atoms with van der Waals surface area (Å²) in [5.74, 6) is 0. The van der Waals surface area contributed by atoms with Gasteiger partial charge >= 0.3 is 0 Å². The second-order valence-electron chi connectivity index (χ2n) is 4.36. The van der Waals surface area contributed by atoms with Crippen LogP contribution in [0.25, 0.3) is 0 Å². The van der Waals surface area contributed by atoms with Crippen molar-refractivity contribution in [2.24, 2.45) is 0 Å². The summed E-state index contributed by atoms with van der Waals surface area (Å²) in [4.78, 5) is 2.44. The molecule has 1 heterocycles. The Morgan fingerprint density at radius 1 is 1.24 bits per heavy atom. The molecular formula is C16H19N. The summed E-state index contributed by atoms with van der Waals surface area (Å²) in [6.07, 6.45) is 8.35. The van der Waals surface area contributed by atoms with Crippen LogP contribution >= 0.6 is 0 Å². The van der Waals surface area contributed by atoms with Crippen LogP contribution < -0.4 is 4.90 Å². The molecule has 1 aromatic carbocycles. The van der Waals surface area contributed by atoms with Crippen molar-refractivity contribution < 1.29 is 0 Å². The smallest absolute Gasteiger partial charge is 0.0429 e. The Balaban J connectivity index is 2.25. The van der Waals surface area contributed by atoms with E-state index in [1.807, 2.05) is 12.2 Å². The van der Waals surface area contributed by atoms with Crippen molar-refractivity contribution >= 4 is 5.69 Å². The number of hydrogen-bond acceptors (Lipinski definition) is 1. The van der Waals surface area contributed by atoms with Gasteiger partial charge in [0.1, 0.15) is 0 Å². The molecule has 1 heteroatoms. The molecule has 0 spiro atoms. The highest BCUT2D eigenvalue weighted by molar-refractivity contribution is 5.51. The number of benzene rings is 1. The number of rotatable bonds is 4. The molecule has 1 nitrogen and oxygen atoms in total. The largest absolute Gasteiger partial charge is 0.364 e. The molecule has 0 saturated carbocycles. The Morgan fingerprint density at radius 3 is 2.65 bits per heavy atom. The van der Waals surface area contributed by atoms with Crippen LogP contribution in [0.15, 0.2) is 67.3 Å². The van der Waals surface area contributed by atoms with Crippen LogP contribution in [0.3, 0.4) is 0 Å². The summed E-state index contributed by atoms with van der Waals surface area (Å²) < 4.78 is 0. The zero-order valence-corrected chi connectivity index (χ0v) is 10.2. The summed E-state index contributed by atoms with van der Waals surface area (Å²) in [5.41, 5.74) is 2.60. The van der Waals surface area contributed by atoms with Crippen molar-refractivity contribution in [3.8, 4) is 0 Å². The lowest BCUT2D eigenvalue weighted by Gasteiger charge is -2.36. The highest BCUT2D eigenvalue weighted by Gasteiger charge is 2.21. The molecule has 0 bridgehead atoms. The molecule has 1 aliphatic rings. The van der Waals surface area contributed by atoms with Gasteiger partial charge in [-0.25, -0.2) is 0 Å². The van der Waals surface area contributed by atoms with E-state index in [-0.39, 0.29) is 0 Å². The maximum Gasteiger partial charge on any atom is 0.0429 e. The van der Waals surface area contributed by atoms with Crippen molar-refractivity contribution in [3.63, 3.8) is 0 Å². The fraction of sp³-hybridized carbons (Fsp3) is 0.250. The Morgan fingerprint density at radius 2 is 2.00 bits per heavy atom. The van der Waals surface area contributed by atoms with E-state index in [2.05, 4.69) is 54.5 Å². The van der Waals surface area contributed by atoms with Gasteiger partial charge in [0, 0.05) is 18.3 Å². The molecule has 2 rings (SSSR count). The predicted molar refractivity (Wildman–Crippen MR) is 75.3 cm³/mol. The minimum atomic E-state index is 0.526. The average Bonchev–Trinajstić information content (AvgIpc) is 2.40. The molecule has 0 amide bonds. The molecule has 0 fully saturated rings. The molecule has 0 saturated heterocycles. The van der Waals surface area contributed by atoms with Gasteiger partial charge in [0.05, 0.1) is 0 Å². The van der Waals surface area contributed by atoms with Crippen LogP contribution in [0.1, 0.15) is 12.8 Å². The lowest BCUT2D eigenvalue weighted by atomic mass is 9.99. The standard InChI is InChI=1S/C16H19N/c1-3-8-15-12-11-14(4-2)13-17(15)16-9-6-5-7-10-16/h3-7,9-11,15H,1-2,8,12-13H2. The van der Waals surface area contributed by atoms with Crippen LogP contribution in [-0.2, 0) is 0 Å². The lowest BCUT2D eigenvalue weighted by molar-refractivity contribution is 0.600. The monoisotopic (exact) mass is 225 g/mol. The minimum absolute atomic E-state index is 0.526. The number of para-hydroxylation sites is 1. The van der Waals surface area contributed by atoms with Crippen LogP contribution in [0.5, 0.6) is 0 Å². The summed E-state index contributed by atoms with van der Waals surface area (Å²) in [6.45, 7) is 8.67. The quantitative estimate of drug-likeness (QED) is 0.701. The van der Waals surface area contributed by atoms with Gasteiger partial charge in [-0.05, 0) is 30.5 Å². The fourth-order valence-corrected chi connectivity index (χ4v) is 2.29. The number of hydrogen-bond donors (Lipinski definition) is 0. The number of nitrogens with zero attached hydrogens (tertiary/aromatic N) is 1. The zero-order chi connectivity index (χ0) is 12.1. The Hall–Kier alpha value is -1.76. The summed E-state index contributed by atoms with van der Waals surface area (Å²) in [6, 6.07) is 11.1. The van der Waals surface area contributed by atoms with Gasteiger partial charge in [-0.2, -0.15) is 0 Å². The van der Waals surface area contributed by atoms with Gasteiger partial charge in [0.25, 0.3) is 0 Å². The predicted octanol–water partition coefficient (Wildman–Crippen LogP) is 3.95. The normalized spacial score (nSPS) is 19.6. The Bertz CT molecular complexity index is 416. The first-order chi connectivity index (χ1) is 8.35. The molecule has 0 radical (unpaired) electrons. The minimum Gasteiger partial charge on any atom is -0.364 e. The zero-order valence-electron chi connectivity index (χ0n) is 10.2. The van der Waals surface area contributed by atoms with E-state index < -0.39 is 0 Å². The first-order valence-electron chi connectivity index (χ1n) is 6.09. The van der Waals surface area contributed by atoms with E-state index in [9.17, 15) is 0 Å². The van der Waals surface area contributed by atoms with E-state index in [0.29, 0.717) is 6.04 Å². The van der Waals surface area contributed by atoms with Gasteiger partial charge in [-0.3, -0.25) is 0 Å². The molecule has 1 aliphatic heterocycles. The van der Waals surface area contributed by atoms with E-state index in [1.54, 1.807) is 0 Å². The first-order valence-corrected chi connectivity index (χ1v) is 6.09. The van der Waals surface area contributed by atoms with Crippen molar-refractivity contribution in [2.45, 2.75) is 18.9 Å². The van der Waals surface area contributed by atoms with Crippen molar-refractivity contribution in [1.29, 1.82) is 0 Å². The van der Waals surface area contributed by atoms with Crippen LogP contribution in [0.4, 0.5) is 5.69 Å². The maximum atomic E-state index is 3.87. The SMILES string of the molecule is C=CCC1CC=C(C=C)CN1c1ccccc1. The fourth-order valence-electron chi connectivity index (χ4n) is 2.29. The molecule has 0 aromatic heterocycles. The van der Waals surface area contributed by atoms with E-state index >= 15 is 0 Å². The third-order valence-corrected chi connectivity index (χ3v) is 3.23. The number of anilines is 1. The third kappa shape index (κ3) is 2.68. The lowest BCUT2D eigenvalue weighted by Crippen LogP contribution is -2.38. The average molecular weight is 225 g/mol. The van der Waals surface area contributed by atoms with Crippen LogP contribution in [0.2, 0.25) is 0 Å². The Kier molecular flexibility index (Phi) is 3.81. The summed E-state index contributed by atoms with van der Waals surface area (Å²) >= 11 is 0. The Labute approximate surface area is 104 Å². The van der Waals surface area contributed by atoms with Crippen LogP contribution in [-0.4, -0.2) is 12.6 Å². The topological polar surface area (TPSA) is 3.24 Å². The van der Waals surface area contributed by atoms with Crippen LogP contribution in [0, 0.1) is 0 Å². The first kappa shape index (κ1) is 11.7. The molecule has 88 valence electrons. The van der Waals surface area contributed by atoms with Crippen molar-refractivity contribution in [1.82, 2.24) is 0 Å². The molecule has 1 aromatic rings. The van der Waals surface area contributed by atoms with Gasteiger partial charge < -0.3 is 4.90 Å². The maximum absolute atomic E-state index is 3.87. The second-order valence-corrected chi connectivity index (χ2v) is 4.36. The molecule has 0 aliphatic carbocycles. The third-order valence-electron chi connectivity index (χ3n) is 3.23. The van der Waals surface area contributed by atoms with Gasteiger partial charge in [-0.1, -0.05) is 43.0 Å². The van der Waals surface area contributed by atoms with Crippen molar-refractivity contribution in [2.75, 3.05) is 11.4 Å². The van der Waals surface area contributed by atoms with Gasteiger partial charge in [0.15, 0.2) is 0 Å². The summed E-state index contributed by atoms with van der Waals surface area (Å²) in [7, 11) is 0. The van der Waals surface area contributed by atoms with E-state index in [4.69, 9.17) is 0 Å². The molecule has 0 N–H and O–H groups in total. The van der Waals surface area contributed by atoms with Crippen molar-refractivity contribution in [3.05, 3.63) is 67.3 Å². The van der Waals surface area contributed by atoms with E-state index in [1.165, 1.54) is 11.3 Å². The van der Waals surface area contributed by atoms with Gasteiger partial charge in [-0.15, -0.1) is 6.58 Å². The summed E-state index contributed by atoms with van der Waals surface area (Å²) in [5, 5.41) is 0. The van der Waals surface area contributed by atoms with Gasteiger partial charge in [0.2, 0.25) is 0 Å². The molecule has 1 atom stereocenters. The molecule has 17 heavy (non-hydrogen) atoms. The molecular weight excluding hydrogens is 206 g/mol. The van der Waals surface area contributed by atoms with E-state index in [0.717, 1.165) is 19.4 Å². The highest BCUT2D eigenvalue weighted by atomic mass is 15.2. The molecule has 1 unspecified atom stereocenters. The highest BCUT2D eigenvalue weighted by Crippen LogP contribution is 2.26. The second kappa shape index (κ2) is 5.53.